The number of hydrogen-bond donors (Lipinski definition) is 3. The zero-order valence-corrected chi connectivity index (χ0v) is 21.0. The molecule has 0 aliphatic carbocycles. The number of aromatic amines is 1. The summed E-state index contributed by atoms with van der Waals surface area (Å²) in [4.78, 5) is 21.7. The molecule has 3 heterocycles. The fraction of sp³-hybridized carbons (Fsp3) is 0.259. The van der Waals surface area contributed by atoms with E-state index >= 15 is 0 Å². The average molecular weight is 538 g/mol. The number of halogens is 3. The number of nitrogens with zero attached hydrogens (tertiary/aromatic N) is 5. The van der Waals surface area contributed by atoms with Gasteiger partial charge in [-0.1, -0.05) is 42.5 Å². The minimum Gasteiger partial charge on any atom is -0.361 e. The van der Waals surface area contributed by atoms with Crippen LogP contribution in [-0.4, -0.2) is 75.0 Å². The van der Waals surface area contributed by atoms with Gasteiger partial charge in [0.1, 0.15) is 5.69 Å². The van der Waals surface area contributed by atoms with Crippen molar-refractivity contribution in [3.8, 4) is 11.1 Å². The van der Waals surface area contributed by atoms with Gasteiger partial charge in [0.25, 0.3) is 12.2 Å². The van der Waals surface area contributed by atoms with Gasteiger partial charge in [0.05, 0.1) is 12.1 Å². The van der Waals surface area contributed by atoms with Crippen LogP contribution in [0.1, 0.15) is 17.0 Å². The Balaban J connectivity index is 1.37. The van der Waals surface area contributed by atoms with Gasteiger partial charge in [-0.15, -0.1) is 0 Å². The number of nitrogens with two attached hydrogens (primary N) is 2. The van der Waals surface area contributed by atoms with E-state index in [4.69, 9.17) is 16.2 Å². The molecule has 2 aromatic heterocycles. The van der Waals surface area contributed by atoms with E-state index in [2.05, 4.69) is 22.1 Å². The molecule has 0 radical (unpaired) electrons. The first-order chi connectivity index (χ1) is 18.7. The van der Waals surface area contributed by atoms with Gasteiger partial charge in [0, 0.05) is 55.6 Å². The van der Waals surface area contributed by atoms with Crippen LogP contribution in [0, 0.1) is 0 Å². The van der Waals surface area contributed by atoms with Crippen LogP contribution in [0.25, 0.3) is 22.0 Å². The summed E-state index contributed by atoms with van der Waals surface area (Å²) in [5.41, 5.74) is 11.2. The van der Waals surface area contributed by atoms with Crippen LogP contribution in [-0.2, 0) is 17.9 Å². The van der Waals surface area contributed by atoms with Gasteiger partial charge in [-0.2, -0.15) is 18.3 Å². The number of rotatable bonds is 7. The molecular formula is C27H28F3N8O+. The number of amidine groups is 1. The summed E-state index contributed by atoms with van der Waals surface area (Å²) >= 11 is 0. The van der Waals surface area contributed by atoms with E-state index in [0.717, 1.165) is 44.5 Å². The molecule has 1 fully saturated rings. The van der Waals surface area contributed by atoms with E-state index in [0.29, 0.717) is 31.9 Å². The van der Waals surface area contributed by atoms with Crippen LogP contribution in [0.4, 0.5) is 13.2 Å². The number of alkyl halides is 3. The molecule has 2 aromatic carbocycles. The number of hydrogen-bond acceptors (Lipinski definition) is 3. The highest BCUT2D eigenvalue weighted by Crippen LogP contribution is 2.29. The standard InChI is InChI=1S/C27H27F3N8O/c28-27(29,30)26(39)37-10-8-36(9-11-37)16-21-13-22(24(34-21)25(32)33-17-31)19-6-7-20-15-38(35-23(20)12-19)14-18-4-2-1-3-5-18/h1-7,12-13,15,17,34H,8-11,14,16H2,(H3,31,32,33)/p+1. The lowest BCUT2D eigenvalue weighted by Crippen LogP contribution is -2.52. The second-order valence-electron chi connectivity index (χ2n) is 9.40. The van der Waals surface area contributed by atoms with Crippen molar-refractivity contribution in [2.24, 2.45) is 10.7 Å². The molecule has 9 nitrogen and oxygen atoms in total. The zero-order chi connectivity index (χ0) is 27.6. The second-order valence-corrected chi connectivity index (χ2v) is 9.40. The predicted molar refractivity (Wildman–Crippen MR) is 142 cm³/mol. The van der Waals surface area contributed by atoms with Crippen molar-refractivity contribution in [1.82, 2.24) is 24.6 Å². The van der Waals surface area contributed by atoms with Gasteiger partial charge in [-0.25, -0.2) is 0 Å². The van der Waals surface area contributed by atoms with E-state index in [1.54, 1.807) is 0 Å². The first kappa shape index (κ1) is 26.2. The van der Waals surface area contributed by atoms with E-state index in [9.17, 15) is 18.0 Å². The minimum absolute atomic E-state index is 0.00675. The number of H-pyrrole nitrogens is 1. The van der Waals surface area contributed by atoms with E-state index in [-0.39, 0.29) is 18.9 Å². The third-order valence-electron chi connectivity index (χ3n) is 6.69. The fourth-order valence-electron chi connectivity index (χ4n) is 4.79. The smallest absolute Gasteiger partial charge is 0.361 e. The fourth-order valence-corrected chi connectivity index (χ4v) is 4.79. The number of benzene rings is 2. The SMILES string of the molecule is NC(=NC=[NH2+])c1[nH]c(CN2CCN(C(=O)C(F)(F)F)CC2)cc1-c1ccc2cn(Cc3ccccc3)nc2c1. The maximum Gasteiger partial charge on any atom is 0.471 e. The molecule has 5 N–H and O–H groups in total. The summed E-state index contributed by atoms with van der Waals surface area (Å²) in [5, 5.41) is 11.2. The summed E-state index contributed by atoms with van der Waals surface area (Å²) in [6.07, 6.45) is -1.75. The first-order valence-electron chi connectivity index (χ1n) is 12.4. The number of amides is 1. The molecule has 0 bridgehead atoms. The van der Waals surface area contributed by atoms with E-state index in [1.807, 2.05) is 58.2 Å². The highest BCUT2D eigenvalue weighted by molar-refractivity contribution is 6.05. The topological polar surface area (TPSA) is 121 Å². The van der Waals surface area contributed by atoms with Crippen molar-refractivity contribution < 1.29 is 23.4 Å². The van der Waals surface area contributed by atoms with Crippen molar-refractivity contribution in [2.45, 2.75) is 19.3 Å². The number of aliphatic imine (C=N–C) groups is 1. The molecule has 0 unspecified atom stereocenters. The Kier molecular flexibility index (Phi) is 7.20. The molecule has 0 spiro atoms. The number of aromatic nitrogens is 3. The molecule has 1 amide bonds. The van der Waals surface area contributed by atoms with Crippen molar-refractivity contribution in [2.75, 3.05) is 26.2 Å². The Hall–Kier alpha value is -4.45. The Morgan fingerprint density at radius 3 is 2.51 bits per heavy atom. The number of carbonyl (C=O) groups excluding carboxylic acids is 1. The lowest BCUT2D eigenvalue weighted by Gasteiger charge is -2.34. The van der Waals surface area contributed by atoms with Crippen LogP contribution >= 0.6 is 0 Å². The molecule has 5 rings (SSSR count). The monoisotopic (exact) mass is 537 g/mol. The summed E-state index contributed by atoms with van der Waals surface area (Å²) in [6, 6.07) is 18.0. The molecule has 0 atom stereocenters. The van der Waals surface area contributed by atoms with Crippen molar-refractivity contribution >= 4 is 29.0 Å². The van der Waals surface area contributed by atoms with Crippen molar-refractivity contribution in [1.29, 1.82) is 0 Å². The Bertz CT molecular complexity index is 1520. The molecule has 12 heteroatoms. The summed E-state index contributed by atoms with van der Waals surface area (Å²) in [5.74, 6) is -1.59. The zero-order valence-electron chi connectivity index (χ0n) is 21.0. The van der Waals surface area contributed by atoms with Gasteiger partial charge >= 0.3 is 12.1 Å². The Morgan fingerprint density at radius 1 is 1.08 bits per heavy atom. The van der Waals surface area contributed by atoms with Crippen LogP contribution in [0.3, 0.4) is 0 Å². The molecule has 1 aliphatic heterocycles. The van der Waals surface area contributed by atoms with Crippen LogP contribution in [0.5, 0.6) is 0 Å². The summed E-state index contributed by atoms with van der Waals surface area (Å²) in [7, 11) is 0. The van der Waals surface area contributed by atoms with Crippen molar-refractivity contribution in [3.63, 3.8) is 0 Å². The number of fused-ring (bicyclic) bond motifs is 1. The summed E-state index contributed by atoms with van der Waals surface area (Å²) < 4.78 is 40.2. The van der Waals surface area contributed by atoms with Crippen LogP contribution in [0.15, 0.2) is 65.8 Å². The van der Waals surface area contributed by atoms with Gasteiger partial charge in [-0.3, -0.25) is 19.8 Å². The lowest BCUT2D eigenvalue weighted by atomic mass is 10.0. The van der Waals surface area contributed by atoms with Gasteiger partial charge in [-0.05, 0) is 28.3 Å². The molecule has 39 heavy (non-hydrogen) atoms. The normalized spacial score (nSPS) is 15.2. The predicted octanol–water partition coefficient (Wildman–Crippen LogP) is 1.78. The molecule has 0 saturated carbocycles. The largest absolute Gasteiger partial charge is 0.471 e. The number of carbonyl (C=O) groups is 1. The molecular weight excluding hydrogens is 509 g/mol. The highest BCUT2D eigenvalue weighted by atomic mass is 19.4. The summed E-state index contributed by atoms with van der Waals surface area (Å²) in [6.45, 7) is 1.74. The minimum atomic E-state index is -4.86. The maximum absolute atomic E-state index is 12.8. The maximum atomic E-state index is 12.8. The molecule has 4 aromatic rings. The van der Waals surface area contributed by atoms with Gasteiger partial charge in [0.15, 0.2) is 0 Å². The third-order valence-corrected chi connectivity index (χ3v) is 6.69. The average Bonchev–Trinajstić information content (AvgIpc) is 3.52. The molecule has 1 aliphatic rings. The third kappa shape index (κ3) is 5.85. The molecule has 1 saturated heterocycles. The lowest BCUT2D eigenvalue weighted by molar-refractivity contribution is -0.187. The van der Waals surface area contributed by atoms with Gasteiger partial charge in [0.2, 0.25) is 0 Å². The van der Waals surface area contributed by atoms with E-state index < -0.39 is 12.1 Å². The van der Waals surface area contributed by atoms with E-state index in [1.165, 1.54) is 0 Å². The number of nitrogens with one attached hydrogen (secondary N) is 1. The highest BCUT2D eigenvalue weighted by Gasteiger charge is 2.43. The van der Waals surface area contributed by atoms with Crippen molar-refractivity contribution in [3.05, 3.63) is 77.7 Å². The Morgan fingerprint density at radius 2 is 1.82 bits per heavy atom. The van der Waals surface area contributed by atoms with Crippen LogP contribution < -0.4 is 11.1 Å². The Labute approximate surface area is 222 Å². The van der Waals surface area contributed by atoms with Crippen LogP contribution in [0.2, 0.25) is 0 Å². The first-order valence-corrected chi connectivity index (χ1v) is 12.4. The second kappa shape index (κ2) is 10.7. The quantitative estimate of drug-likeness (QED) is 0.246. The molecule has 202 valence electrons. The van der Waals surface area contributed by atoms with Gasteiger partial charge < -0.3 is 15.6 Å². The number of piperazine rings is 1.